The van der Waals surface area contributed by atoms with Gasteiger partial charge in [-0.3, -0.25) is 4.72 Å². The monoisotopic (exact) mass is 116 g/mol. The Morgan fingerprint density at radius 3 is 3.14 bits per heavy atom. The molecule has 0 bridgehead atoms. The van der Waals surface area contributed by atoms with Gasteiger partial charge in [0.15, 0.2) is 5.09 Å². The number of hydrogen-bond donors (Lipinski definition) is 1. The quantitative estimate of drug-likeness (QED) is 0.505. The number of methoxy groups -OCH3 is 1. The van der Waals surface area contributed by atoms with Crippen LogP contribution in [0.5, 0.6) is 0 Å². The average molecular weight is 116 g/mol. The lowest BCUT2D eigenvalue weighted by Gasteiger charge is -1.92. The maximum absolute atomic E-state index is 4.82. The summed E-state index contributed by atoms with van der Waals surface area (Å²) in [6, 6.07) is 0. The van der Waals surface area contributed by atoms with Crippen molar-refractivity contribution in [1.29, 1.82) is 0 Å². The van der Waals surface area contributed by atoms with E-state index in [9.17, 15) is 0 Å². The Morgan fingerprint density at radius 1 is 2.00 bits per heavy atom. The summed E-state index contributed by atoms with van der Waals surface area (Å²) < 4.78 is 7.78. The molecule has 7 heavy (non-hydrogen) atoms. The van der Waals surface area contributed by atoms with Gasteiger partial charge in [0.2, 0.25) is 0 Å². The molecule has 0 aromatic heterocycles. The van der Waals surface area contributed by atoms with Gasteiger partial charge in [0.1, 0.15) is 0 Å². The molecule has 0 aliphatic carbocycles. The minimum absolute atomic E-state index is 0.799. The predicted molar refractivity (Wildman–Crippen MR) is 29.4 cm³/mol. The van der Waals surface area contributed by atoms with Crippen molar-refractivity contribution in [1.82, 2.24) is 4.72 Å². The molecule has 39 valence electrons. The molecule has 3 heteroatoms. The molecule has 0 fully saturated rings. The highest BCUT2D eigenvalue weighted by Gasteiger charge is 2.01. The van der Waals surface area contributed by atoms with E-state index in [0.29, 0.717) is 0 Å². The van der Waals surface area contributed by atoms with Gasteiger partial charge >= 0.3 is 0 Å². The summed E-state index contributed by atoms with van der Waals surface area (Å²) in [6.07, 6.45) is 2.95. The Hall–Kier alpha value is -0.150. The molecule has 1 aliphatic rings. The van der Waals surface area contributed by atoms with E-state index in [1.807, 2.05) is 0 Å². The molecule has 1 rings (SSSR count). The van der Waals surface area contributed by atoms with Crippen LogP contribution < -0.4 is 4.72 Å². The number of hydrogen-bond acceptors (Lipinski definition) is 3. The van der Waals surface area contributed by atoms with Gasteiger partial charge in [-0.05, 0) is 11.9 Å². The zero-order valence-electron chi connectivity index (χ0n) is 4.02. The van der Waals surface area contributed by atoms with E-state index in [-0.39, 0.29) is 0 Å². The fraction of sp³-hybridized carbons (Fsp3) is 0.500. The first kappa shape index (κ1) is 5.00. The molecule has 0 unspecified atom stereocenters. The summed E-state index contributed by atoms with van der Waals surface area (Å²) in [5, 5.41) is 0.847. The van der Waals surface area contributed by atoms with Crippen LogP contribution in [0.15, 0.2) is 5.09 Å². The lowest BCUT2D eigenvalue weighted by Crippen LogP contribution is -1.93. The highest BCUT2D eigenvalue weighted by molar-refractivity contribution is 8.01. The van der Waals surface area contributed by atoms with Crippen LogP contribution in [-0.2, 0) is 4.74 Å². The van der Waals surface area contributed by atoms with Gasteiger partial charge in [-0.2, -0.15) is 0 Å². The van der Waals surface area contributed by atoms with E-state index in [1.54, 1.807) is 7.11 Å². The van der Waals surface area contributed by atoms with Crippen molar-refractivity contribution in [2.45, 2.75) is 0 Å². The molecule has 2 nitrogen and oxygen atoms in total. The average Bonchev–Trinajstić information content (AvgIpc) is 2.14. The van der Waals surface area contributed by atoms with Gasteiger partial charge in [0, 0.05) is 12.6 Å². The summed E-state index contributed by atoms with van der Waals surface area (Å²) in [7, 11) is 1.64. The molecule has 0 aromatic carbocycles. The second-order valence-corrected chi connectivity index (χ2v) is 1.96. The smallest absolute Gasteiger partial charge is 0.172 e. The van der Waals surface area contributed by atoms with Crippen molar-refractivity contribution in [2.75, 3.05) is 13.7 Å². The van der Waals surface area contributed by atoms with Crippen molar-refractivity contribution >= 4 is 11.9 Å². The lowest BCUT2D eigenvalue weighted by atomic mass is 10.6. The molecule has 1 N–H and O–H groups in total. The maximum atomic E-state index is 4.82. The van der Waals surface area contributed by atoms with Crippen LogP contribution in [0.4, 0.5) is 0 Å². The summed E-state index contributed by atoms with van der Waals surface area (Å²) >= 11 is 1.48. The largest absolute Gasteiger partial charge is 0.489 e. The third kappa shape index (κ3) is 1.11. The van der Waals surface area contributed by atoms with Gasteiger partial charge < -0.3 is 4.74 Å². The Morgan fingerprint density at radius 2 is 2.86 bits per heavy atom. The van der Waals surface area contributed by atoms with Crippen LogP contribution in [0.2, 0.25) is 0 Å². The van der Waals surface area contributed by atoms with Gasteiger partial charge in [-0.15, -0.1) is 0 Å². The normalized spacial score (nSPS) is 19.3. The molecule has 1 radical (unpaired) electrons. The molecule has 0 saturated carbocycles. The van der Waals surface area contributed by atoms with E-state index >= 15 is 0 Å². The van der Waals surface area contributed by atoms with Gasteiger partial charge in [0.25, 0.3) is 0 Å². The molecular weight excluding hydrogens is 110 g/mol. The molecule has 0 saturated heterocycles. The molecule has 0 spiro atoms. The SMILES string of the molecule is COC1=[C]CNS1. The lowest BCUT2D eigenvalue weighted by molar-refractivity contribution is 0.323. The highest BCUT2D eigenvalue weighted by atomic mass is 32.2. The van der Waals surface area contributed by atoms with E-state index in [2.05, 4.69) is 10.8 Å². The van der Waals surface area contributed by atoms with Crippen molar-refractivity contribution < 1.29 is 4.74 Å². The van der Waals surface area contributed by atoms with Crippen LogP contribution in [0, 0.1) is 6.08 Å². The van der Waals surface area contributed by atoms with Crippen LogP contribution >= 0.6 is 11.9 Å². The third-order valence-corrected chi connectivity index (χ3v) is 1.44. The van der Waals surface area contributed by atoms with Crippen molar-refractivity contribution in [3.05, 3.63) is 11.2 Å². The second-order valence-electron chi connectivity index (χ2n) is 1.09. The minimum atomic E-state index is 0.799. The summed E-state index contributed by atoms with van der Waals surface area (Å²) in [4.78, 5) is 0. The fourth-order valence-electron chi connectivity index (χ4n) is 0.360. The Labute approximate surface area is 47.1 Å². The Bertz CT molecular complexity index is 91.7. The zero-order chi connectivity index (χ0) is 5.11. The first-order valence-electron chi connectivity index (χ1n) is 1.98. The van der Waals surface area contributed by atoms with Crippen LogP contribution in [0.25, 0.3) is 0 Å². The van der Waals surface area contributed by atoms with Gasteiger partial charge in [-0.25, -0.2) is 0 Å². The van der Waals surface area contributed by atoms with Crippen LogP contribution in [-0.4, -0.2) is 13.7 Å². The number of rotatable bonds is 1. The van der Waals surface area contributed by atoms with Crippen LogP contribution in [0.3, 0.4) is 0 Å². The summed E-state index contributed by atoms with van der Waals surface area (Å²) in [5.41, 5.74) is 0. The van der Waals surface area contributed by atoms with Crippen LogP contribution in [0.1, 0.15) is 0 Å². The van der Waals surface area contributed by atoms with E-state index < -0.39 is 0 Å². The van der Waals surface area contributed by atoms with Crippen molar-refractivity contribution in [3.63, 3.8) is 0 Å². The fourth-order valence-corrected chi connectivity index (χ4v) is 0.863. The Kier molecular flexibility index (Phi) is 1.59. The van der Waals surface area contributed by atoms with Gasteiger partial charge in [-0.1, -0.05) is 0 Å². The molecule has 0 amide bonds. The third-order valence-electron chi connectivity index (χ3n) is 0.655. The molecule has 0 aromatic rings. The molecule has 1 aliphatic heterocycles. The Balaban J connectivity index is 2.36. The number of ether oxygens (including phenoxy) is 1. The van der Waals surface area contributed by atoms with Crippen molar-refractivity contribution in [3.8, 4) is 0 Å². The highest BCUT2D eigenvalue weighted by Crippen LogP contribution is 2.14. The van der Waals surface area contributed by atoms with Crippen molar-refractivity contribution in [2.24, 2.45) is 0 Å². The maximum Gasteiger partial charge on any atom is 0.172 e. The van der Waals surface area contributed by atoms with Gasteiger partial charge in [0.05, 0.1) is 7.11 Å². The first-order valence-corrected chi connectivity index (χ1v) is 2.79. The first-order chi connectivity index (χ1) is 3.43. The topological polar surface area (TPSA) is 21.3 Å². The predicted octanol–water partition coefficient (Wildman–Crippen LogP) is 0.529. The minimum Gasteiger partial charge on any atom is -0.489 e. The molecular formula is C4H6NOS. The van der Waals surface area contributed by atoms with E-state index in [0.717, 1.165) is 11.6 Å². The van der Waals surface area contributed by atoms with E-state index in [1.165, 1.54) is 11.9 Å². The van der Waals surface area contributed by atoms with E-state index in [4.69, 9.17) is 4.74 Å². The summed E-state index contributed by atoms with van der Waals surface area (Å²) in [5.74, 6) is 0. The summed E-state index contributed by atoms with van der Waals surface area (Å²) in [6.45, 7) is 0.799. The molecule has 0 atom stereocenters. The zero-order valence-corrected chi connectivity index (χ0v) is 4.84. The second kappa shape index (κ2) is 2.23. The number of nitrogens with one attached hydrogen (secondary N) is 1. The molecule has 1 heterocycles. The standard InChI is InChI=1S/C4H6NOS/c1-6-4-2-3-5-7-4/h5H,3H2,1H3.